The molecule has 3 aromatic rings. The van der Waals surface area contributed by atoms with Crippen LogP contribution in [0.1, 0.15) is 30.2 Å². The molecule has 2 aromatic heterocycles. The number of piperidine rings is 1. The highest BCUT2D eigenvalue weighted by Crippen LogP contribution is 2.38. The molecule has 0 atom stereocenters. The summed E-state index contributed by atoms with van der Waals surface area (Å²) in [5.74, 6) is 1.55. The van der Waals surface area contributed by atoms with Crippen LogP contribution in [0.25, 0.3) is 21.6 Å². The van der Waals surface area contributed by atoms with Crippen LogP contribution in [0.2, 0.25) is 5.02 Å². The number of rotatable bonds is 2. The van der Waals surface area contributed by atoms with Gasteiger partial charge in [-0.15, -0.1) is 11.3 Å². The molecule has 3 heterocycles. The van der Waals surface area contributed by atoms with E-state index in [0.29, 0.717) is 15.7 Å². The van der Waals surface area contributed by atoms with Crippen molar-refractivity contribution < 1.29 is 0 Å². The van der Waals surface area contributed by atoms with Crippen molar-refractivity contribution in [2.45, 2.75) is 32.2 Å². The van der Waals surface area contributed by atoms with Crippen molar-refractivity contribution in [2.75, 3.05) is 18.0 Å². The molecule has 0 spiro atoms. The maximum Gasteiger partial charge on any atom is 0.163 e. The molecule has 0 unspecified atom stereocenters. The van der Waals surface area contributed by atoms with Crippen LogP contribution >= 0.6 is 22.9 Å². The first-order valence-corrected chi connectivity index (χ1v) is 10.1. The van der Waals surface area contributed by atoms with Crippen molar-refractivity contribution in [3.8, 4) is 17.5 Å². The first kappa shape index (κ1) is 18.2. The van der Waals surface area contributed by atoms with Gasteiger partial charge in [-0.1, -0.05) is 11.6 Å². The third-order valence-electron chi connectivity index (χ3n) is 5.18. The summed E-state index contributed by atoms with van der Waals surface area (Å²) in [6, 6.07) is 9.81. The number of hydrogen-bond donors (Lipinski definition) is 1. The van der Waals surface area contributed by atoms with Gasteiger partial charge >= 0.3 is 0 Å². The van der Waals surface area contributed by atoms with Crippen LogP contribution in [0.4, 0.5) is 5.82 Å². The molecular weight excluding hydrogens is 378 g/mol. The van der Waals surface area contributed by atoms with E-state index in [9.17, 15) is 5.26 Å². The van der Waals surface area contributed by atoms with E-state index >= 15 is 0 Å². The Balaban J connectivity index is 1.88. The minimum Gasteiger partial charge on any atom is -0.356 e. The highest BCUT2D eigenvalue weighted by atomic mass is 35.5. The molecule has 0 saturated carbocycles. The molecule has 4 rings (SSSR count). The minimum atomic E-state index is -0.136. The lowest BCUT2D eigenvalue weighted by atomic mass is 9.91. The fourth-order valence-corrected chi connectivity index (χ4v) is 4.51. The lowest BCUT2D eigenvalue weighted by Crippen LogP contribution is -2.48. The van der Waals surface area contributed by atoms with Gasteiger partial charge in [0.15, 0.2) is 5.82 Å². The molecule has 1 saturated heterocycles. The molecule has 0 radical (unpaired) electrons. The van der Waals surface area contributed by atoms with Gasteiger partial charge in [0.2, 0.25) is 0 Å². The van der Waals surface area contributed by atoms with E-state index in [2.05, 4.69) is 17.9 Å². The highest BCUT2D eigenvalue weighted by molar-refractivity contribution is 7.19. The van der Waals surface area contributed by atoms with Gasteiger partial charge in [0.25, 0.3) is 0 Å². The summed E-state index contributed by atoms with van der Waals surface area (Å²) in [7, 11) is 0. The number of halogens is 1. The van der Waals surface area contributed by atoms with Gasteiger partial charge in [-0.2, -0.15) is 5.26 Å². The van der Waals surface area contributed by atoms with Crippen LogP contribution in [0.3, 0.4) is 0 Å². The molecule has 2 N–H and O–H groups in total. The maximum atomic E-state index is 9.47. The van der Waals surface area contributed by atoms with E-state index in [1.807, 2.05) is 31.2 Å². The van der Waals surface area contributed by atoms with Gasteiger partial charge in [-0.3, -0.25) is 0 Å². The molecule has 1 aliphatic heterocycles. The van der Waals surface area contributed by atoms with Crippen LogP contribution in [0.15, 0.2) is 24.3 Å². The number of thiophene rings is 1. The largest absolute Gasteiger partial charge is 0.356 e. The predicted molar refractivity (Wildman–Crippen MR) is 111 cm³/mol. The van der Waals surface area contributed by atoms with Crippen molar-refractivity contribution in [3.05, 3.63) is 39.7 Å². The number of fused-ring (bicyclic) bond motifs is 1. The van der Waals surface area contributed by atoms with E-state index in [-0.39, 0.29) is 5.54 Å². The third-order valence-corrected chi connectivity index (χ3v) is 6.52. The molecular formula is C20H20ClN5S. The normalized spacial score (nSPS) is 16.5. The van der Waals surface area contributed by atoms with Gasteiger partial charge in [0, 0.05) is 29.2 Å². The van der Waals surface area contributed by atoms with E-state index in [1.165, 1.54) is 11.3 Å². The Kier molecular flexibility index (Phi) is 4.55. The van der Waals surface area contributed by atoms with Crippen LogP contribution < -0.4 is 10.6 Å². The third kappa shape index (κ3) is 3.39. The summed E-state index contributed by atoms with van der Waals surface area (Å²) >= 11 is 7.45. The van der Waals surface area contributed by atoms with Crippen LogP contribution in [0.5, 0.6) is 0 Å². The molecule has 1 aromatic carbocycles. The lowest BCUT2D eigenvalue weighted by Gasteiger charge is -2.37. The second-order valence-corrected chi connectivity index (χ2v) is 8.80. The Morgan fingerprint density at radius 2 is 1.89 bits per heavy atom. The number of aromatic nitrogens is 2. The van der Waals surface area contributed by atoms with Crippen LogP contribution in [0, 0.1) is 18.3 Å². The summed E-state index contributed by atoms with van der Waals surface area (Å²) in [6.45, 7) is 5.76. The Labute approximate surface area is 167 Å². The zero-order valence-corrected chi connectivity index (χ0v) is 16.9. The minimum absolute atomic E-state index is 0.136. The zero-order valence-electron chi connectivity index (χ0n) is 15.3. The number of benzene rings is 1. The Bertz CT molecular complexity index is 1040. The SMILES string of the molecule is Cc1c(C#N)sc2nc(-c3ccc(Cl)cc3)nc(N3CCC(C)(N)CC3)c12. The Morgan fingerprint density at radius 1 is 1.22 bits per heavy atom. The molecule has 5 nitrogen and oxygen atoms in total. The summed E-state index contributed by atoms with van der Waals surface area (Å²) in [6.07, 6.45) is 1.81. The van der Waals surface area contributed by atoms with E-state index in [1.54, 1.807) is 0 Å². The summed E-state index contributed by atoms with van der Waals surface area (Å²) in [5, 5.41) is 11.1. The summed E-state index contributed by atoms with van der Waals surface area (Å²) < 4.78 is 0. The number of nitriles is 1. The molecule has 0 amide bonds. The van der Waals surface area contributed by atoms with Crippen molar-refractivity contribution in [3.63, 3.8) is 0 Å². The zero-order chi connectivity index (χ0) is 19.2. The molecule has 1 fully saturated rings. The fourth-order valence-electron chi connectivity index (χ4n) is 3.41. The summed E-state index contributed by atoms with van der Waals surface area (Å²) in [5.41, 5.74) is 8.04. The van der Waals surface area contributed by atoms with Gasteiger partial charge in [0.1, 0.15) is 21.6 Å². The van der Waals surface area contributed by atoms with Crippen LogP contribution in [-0.4, -0.2) is 28.6 Å². The van der Waals surface area contributed by atoms with Gasteiger partial charge in [-0.05, 0) is 56.5 Å². The molecule has 0 bridgehead atoms. The second kappa shape index (κ2) is 6.75. The number of anilines is 1. The number of aryl methyl sites for hydroxylation is 1. The Hall–Kier alpha value is -2.20. The molecule has 27 heavy (non-hydrogen) atoms. The van der Waals surface area contributed by atoms with Crippen molar-refractivity contribution >= 4 is 39.0 Å². The van der Waals surface area contributed by atoms with Crippen molar-refractivity contribution in [2.24, 2.45) is 5.73 Å². The van der Waals surface area contributed by atoms with E-state index in [0.717, 1.165) is 53.1 Å². The number of hydrogen-bond acceptors (Lipinski definition) is 6. The molecule has 138 valence electrons. The Morgan fingerprint density at radius 3 is 2.52 bits per heavy atom. The van der Waals surface area contributed by atoms with Crippen molar-refractivity contribution in [1.82, 2.24) is 9.97 Å². The van der Waals surface area contributed by atoms with Crippen LogP contribution in [-0.2, 0) is 0 Å². The van der Waals surface area contributed by atoms with Gasteiger partial charge in [-0.25, -0.2) is 9.97 Å². The molecule has 1 aliphatic rings. The fraction of sp³-hybridized carbons (Fsp3) is 0.350. The predicted octanol–water partition coefficient (Wildman–Crippen LogP) is 4.51. The number of nitrogens with two attached hydrogens (primary N) is 1. The lowest BCUT2D eigenvalue weighted by molar-refractivity contribution is 0.363. The average Bonchev–Trinajstić information content (AvgIpc) is 2.98. The maximum absolute atomic E-state index is 9.47. The average molecular weight is 398 g/mol. The molecule has 0 aliphatic carbocycles. The standard InChI is InChI=1S/C20H20ClN5S/c1-12-15(11-22)27-19-16(12)18(26-9-7-20(2,23)8-10-26)24-17(25-19)13-3-5-14(21)6-4-13/h3-6H,7-10,23H2,1-2H3. The first-order chi connectivity index (χ1) is 12.9. The van der Waals surface area contributed by atoms with E-state index < -0.39 is 0 Å². The first-order valence-electron chi connectivity index (χ1n) is 8.89. The van der Waals surface area contributed by atoms with Gasteiger partial charge < -0.3 is 10.6 Å². The van der Waals surface area contributed by atoms with Gasteiger partial charge in [0.05, 0.1) is 5.39 Å². The summed E-state index contributed by atoms with van der Waals surface area (Å²) in [4.78, 5) is 13.5. The van der Waals surface area contributed by atoms with E-state index in [4.69, 9.17) is 27.3 Å². The topological polar surface area (TPSA) is 78.8 Å². The smallest absolute Gasteiger partial charge is 0.163 e. The quantitative estimate of drug-likeness (QED) is 0.688. The van der Waals surface area contributed by atoms with Crippen molar-refractivity contribution in [1.29, 1.82) is 5.26 Å². The second-order valence-electron chi connectivity index (χ2n) is 7.37. The highest BCUT2D eigenvalue weighted by Gasteiger charge is 2.29. The monoisotopic (exact) mass is 397 g/mol. The number of nitrogens with zero attached hydrogens (tertiary/aromatic N) is 4. The molecule has 7 heteroatoms.